The third-order valence-electron chi connectivity index (χ3n) is 6.51. The first-order valence-corrected chi connectivity index (χ1v) is 12.2. The first kappa shape index (κ1) is 21.6. The number of piperidine rings is 1. The molecule has 2 aliphatic heterocycles. The first-order valence-electron chi connectivity index (χ1n) is 12.2. The SMILES string of the molecule is Cc1cc(-c2nc(C(=O)Nc3cc4oc(N5CCCCC5)nc4nc3N3CCCC3)co2)ccn1. The van der Waals surface area contributed by atoms with E-state index in [2.05, 4.69) is 30.1 Å². The van der Waals surface area contributed by atoms with Crippen molar-refractivity contribution in [2.45, 2.75) is 39.0 Å². The van der Waals surface area contributed by atoms with Gasteiger partial charge in [-0.05, 0) is 51.2 Å². The second-order valence-electron chi connectivity index (χ2n) is 9.10. The number of aryl methyl sites for hydroxylation is 1. The fourth-order valence-corrected chi connectivity index (χ4v) is 4.70. The molecule has 2 saturated heterocycles. The van der Waals surface area contributed by atoms with Gasteiger partial charge in [-0.15, -0.1) is 0 Å². The Morgan fingerprint density at radius 1 is 0.971 bits per heavy atom. The molecule has 0 bridgehead atoms. The number of pyridine rings is 2. The molecule has 4 aromatic heterocycles. The molecular weight excluding hydrogens is 446 g/mol. The zero-order chi connectivity index (χ0) is 23.8. The van der Waals surface area contributed by atoms with Gasteiger partial charge in [-0.2, -0.15) is 4.98 Å². The van der Waals surface area contributed by atoms with Crippen LogP contribution in [-0.4, -0.2) is 52.0 Å². The summed E-state index contributed by atoms with van der Waals surface area (Å²) in [6.45, 7) is 5.52. The molecule has 6 rings (SSSR count). The van der Waals surface area contributed by atoms with E-state index >= 15 is 0 Å². The topological polar surface area (TPSA) is 113 Å². The van der Waals surface area contributed by atoms with Gasteiger partial charge in [-0.25, -0.2) is 9.97 Å². The van der Waals surface area contributed by atoms with Crippen molar-refractivity contribution in [1.82, 2.24) is 19.9 Å². The molecule has 0 saturated carbocycles. The van der Waals surface area contributed by atoms with Gasteiger partial charge in [0, 0.05) is 49.7 Å². The van der Waals surface area contributed by atoms with Crippen LogP contribution in [0.2, 0.25) is 0 Å². The Morgan fingerprint density at radius 2 is 1.74 bits per heavy atom. The number of hydrogen-bond acceptors (Lipinski definition) is 9. The quantitative estimate of drug-likeness (QED) is 0.450. The smallest absolute Gasteiger partial charge is 0.299 e. The number of oxazole rings is 2. The lowest BCUT2D eigenvalue weighted by Gasteiger charge is -2.24. The number of amides is 1. The van der Waals surface area contributed by atoms with Crippen molar-refractivity contribution in [3.8, 4) is 11.5 Å². The number of carbonyl (C=O) groups excluding carboxylic acids is 1. The summed E-state index contributed by atoms with van der Waals surface area (Å²) < 4.78 is 11.6. The van der Waals surface area contributed by atoms with Gasteiger partial charge in [0.1, 0.15) is 6.26 Å². The fourth-order valence-electron chi connectivity index (χ4n) is 4.70. The van der Waals surface area contributed by atoms with Crippen LogP contribution in [0.3, 0.4) is 0 Å². The van der Waals surface area contributed by atoms with Gasteiger partial charge in [0.05, 0.1) is 5.69 Å². The lowest BCUT2D eigenvalue weighted by atomic mass is 10.1. The van der Waals surface area contributed by atoms with Gasteiger partial charge >= 0.3 is 0 Å². The molecule has 10 heteroatoms. The second kappa shape index (κ2) is 9.01. The summed E-state index contributed by atoms with van der Waals surface area (Å²) in [6.07, 6.45) is 8.72. The molecule has 2 fully saturated rings. The first-order chi connectivity index (χ1) is 17.1. The fraction of sp³-hybridized carbons (Fsp3) is 0.400. The van der Waals surface area contributed by atoms with Crippen molar-refractivity contribution in [1.29, 1.82) is 0 Å². The van der Waals surface area contributed by atoms with Gasteiger partial charge in [-0.3, -0.25) is 9.78 Å². The predicted octanol–water partition coefficient (Wildman–Crippen LogP) is 4.42. The predicted molar refractivity (Wildman–Crippen MR) is 132 cm³/mol. The molecule has 35 heavy (non-hydrogen) atoms. The lowest BCUT2D eigenvalue weighted by Crippen LogP contribution is -2.29. The zero-order valence-corrected chi connectivity index (χ0v) is 19.7. The molecule has 0 aliphatic carbocycles. The maximum atomic E-state index is 13.1. The van der Waals surface area contributed by atoms with Crippen LogP contribution in [0.5, 0.6) is 0 Å². The van der Waals surface area contributed by atoms with E-state index in [9.17, 15) is 4.79 Å². The molecule has 0 unspecified atom stereocenters. The van der Waals surface area contributed by atoms with E-state index in [1.165, 1.54) is 12.7 Å². The normalized spacial score (nSPS) is 16.3. The van der Waals surface area contributed by atoms with Gasteiger partial charge in [0.2, 0.25) is 11.5 Å². The largest absolute Gasteiger partial charge is 0.444 e. The van der Waals surface area contributed by atoms with Crippen molar-refractivity contribution in [2.75, 3.05) is 41.3 Å². The van der Waals surface area contributed by atoms with Gasteiger partial charge in [0.15, 0.2) is 17.1 Å². The van der Waals surface area contributed by atoms with Crippen LogP contribution >= 0.6 is 0 Å². The highest BCUT2D eigenvalue weighted by molar-refractivity contribution is 6.05. The number of nitrogens with zero attached hydrogens (tertiary/aromatic N) is 6. The van der Waals surface area contributed by atoms with E-state index in [1.54, 1.807) is 12.3 Å². The summed E-state index contributed by atoms with van der Waals surface area (Å²) in [5.74, 6) is 0.703. The highest BCUT2D eigenvalue weighted by atomic mass is 16.4. The van der Waals surface area contributed by atoms with E-state index in [1.807, 2.05) is 19.1 Å². The van der Waals surface area contributed by atoms with Gasteiger partial charge < -0.3 is 24.0 Å². The Hall–Kier alpha value is -3.95. The van der Waals surface area contributed by atoms with E-state index < -0.39 is 0 Å². The van der Waals surface area contributed by atoms with Gasteiger partial charge in [-0.1, -0.05) is 0 Å². The maximum Gasteiger partial charge on any atom is 0.299 e. The number of anilines is 3. The Kier molecular flexibility index (Phi) is 5.55. The monoisotopic (exact) mass is 473 g/mol. The molecule has 0 radical (unpaired) electrons. The van der Waals surface area contributed by atoms with Crippen molar-refractivity contribution >= 4 is 34.7 Å². The number of hydrogen-bond donors (Lipinski definition) is 1. The number of aromatic nitrogens is 4. The van der Waals surface area contributed by atoms with Crippen molar-refractivity contribution in [3.63, 3.8) is 0 Å². The standard InChI is InChI=1S/C25H27N7O3/c1-16-13-17(7-8-26-16)24-28-19(15-34-24)23(33)27-18-14-20-21(29-22(18)31-9-5-6-10-31)30-25(35-20)32-11-3-2-4-12-32/h7-8,13-15H,2-6,9-12H2,1H3,(H,27,33). The average Bonchev–Trinajstić information content (AvgIpc) is 3.65. The van der Waals surface area contributed by atoms with Crippen LogP contribution in [0.4, 0.5) is 17.5 Å². The molecule has 0 atom stereocenters. The van der Waals surface area contributed by atoms with Gasteiger partial charge in [0.25, 0.3) is 11.9 Å². The molecule has 6 heterocycles. The number of carbonyl (C=O) groups is 1. The summed E-state index contributed by atoms with van der Waals surface area (Å²) in [5.41, 5.74) is 3.49. The summed E-state index contributed by atoms with van der Waals surface area (Å²) in [5, 5.41) is 2.98. The molecule has 2 aliphatic rings. The van der Waals surface area contributed by atoms with Crippen molar-refractivity contribution in [2.24, 2.45) is 0 Å². The highest BCUT2D eigenvalue weighted by Gasteiger charge is 2.24. The minimum Gasteiger partial charge on any atom is -0.444 e. The van der Waals surface area contributed by atoms with Crippen molar-refractivity contribution < 1.29 is 13.6 Å². The Bertz CT molecular complexity index is 1370. The minimum absolute atomic E-state index is 0.188. The van der Waals surface area contributed by atoms with Crippen LogP contribution in [0.15, 0.2) is 39.5 Å². The molecule has 180 valence electrons. The summed E-state index contributed by atoms with van der Waals surface area (Å²) in [4.78, 5) is 35.5. The Labute approximate surface area is 202 Å². The number of rotatable bonds is 5. The second-order valence-corrected chi connectivity index (χ2v) is 9.10. The molecule has 4 aromatic rings. The van der Waals surface area contributed by atoms with Crippen LogP contribution in [0, 0.1) is 6.92 Å². The maximum absolute atomic E-state index is 13.1. The van der Waals surface area contributed by atoms with E-state index in [-0.39, 0.29) is 11.6 Å². The molecular formula is C25H27N7O3. The zero-order valence-electron chi connectivity index (χ0n) is 19.7. The van der Waals surface area contributed by atoms with Crippen molar-refractivity contribution in [3.05, 3.63) is 42.0 Å². The Balaban J connectivity index is 1.31. The van der Waals surface area contributed by atoms with E-state index in [0.717, 1.165) is 63.1 Å². The van der Waals surface area contributed by atoms with Crippen LogP contribution in [0.1, 0.15) is 48.3 Å². The molecule has 1 N–H and O–H groups in total. The van der Waals surface area contributed by atoms with Crippen LogP contribution in [0.25, 0.3) is 22.7 Å². The lowest BCUT2D eigenvalue weighted by molar-refractivity contribution is 0.102. The number of nitrogens with one attached hydrogen (secondary N) is 1. The summed E-state index contributed by atoms with van der Waals surface area (Å²) >= 11 is 0. The highest BCUT2D eigenvalue weighted by Crippen LogP contribution is 2.33. The molecule has 0 spiro atoms. The summed E-state index contributed by atoms with van der Waals surface area (Å²) in [6, 6.07) is 6.08. The summed E-state index contributed by atoms with van der Waals surface area (Å²) in [7, 11) is 0. The van der Waals surface area contributed by atoms with Crippen LogP contribution in [-0.2, 0) is 0 Å². The molecule has 1 amide bonds. The number of fused-ring (bicyclic) bond motifs is 1. The van der Waals surface area contributed by atoms with Crippen LogP contribution < -0.4 is 15.1 Å². The third kappa shape index (κ3) is 4.31. The molecule has 10 nitrogen and oxygen atoms in total. The molecule has 0 aromatic carbocycles. The van der Waals surface area contributed by atoms with E-state index in [0.29, 0.717) is 34.6 Å². The third-order valence-corrected chi connectivity index (χ3v) is 6.51. The minimum atomic E-state index is -0.372. The average molecular weight is 474 g/mol. The Morgan fingerprint density at radius 3 is 2.54 bits per heavy atom. The van der Waals surface area contributed by atoms with E-state index in [4.69, 9.17) is 13.8 Å².